The standard InChI is InChI=1S/C19H21NO5/c1-3-25-16-6-4-5-14(11-16)18(21)20-10-9-13-7-8-15(19(22)23)12-17(13)24-2/h4-8,11-12H,3,9-10H2,1-2H3,(H,20,21)(H,22,23). The lowest BCUT2D eigenvalue weighted by Crippen LogP contribution is -2.25. The van der Waals surface area contributed by atoms with Crippen molar-refractivity contribution >= 4 is 11.9 Å². The zero-order chi connectivity index (χ0) is 18.2. The van der Waals surface area contributed by atoms with Gasteiger partial charge in [-0.15, -0.1) is 0 Å². The first-order valence-corrected chi connectivity index (χ1v) is 7.96. The molecule has 0 bridgehead atoms. The molecule has 0 unspecified atom stereocenters. The van der Waals surface area contributed by atoms with E-state index >= 15 is 0 Å². The number of methoxy groups -OCH3 is 1. The molecule has 1 amide bonds. The van der Waals surface area contributed by atoms with Gasteiger partial charge in [0.15, 0.2) is 0 Å². The minimum atomic E-state index is -1.01. The molecule has 0 radical (unpaired) electrons. The van der Waals surface area contributed by atoms with Gasteiger partial charge in [-0.3, -0.25) is 4.79 Å². The van der Waals surface area contributed by atoms with Crippen molar-refractivity contribution in [2.24, 2.45) is 0 Å². The number of hydrogen-bond acceptors (Lipinski definition) is 4. The molecule has 2 aromatic carbocycles. The minimum absolute atomic E-state index is 0.164. The van der Waals surface area contributed by atoms with Crippen molar-refractivity contribution in [3.05, 3.63) is 59.2 Å². The summed E-state index contributed by atoms with van der Waals surface area (Å²) in [6.45, 7) is 2.83. The number of nitrogens with one attached hydrogen (secondary N) is 1. The summed E-state index contributed by atoms with van der Waals surface area (Å²) in [6.07, 6.45) is 0.528. The van der Waals surface area contributed by atoms with Crippen LogP contribution in [-0.2, 0) is 6.42 Å². The molecule has 2 aromatic rings. The Balaban J connectivity index is 1.97. The molecular weight excluding hydrogens is 322 g/mol. The number of carboxylic acids is 1. The van der Waals surface area contributed by atoms with E-state index in [1.54, 1.807) is 30.3 Å². The van der Waals surface area contributed by atoms with E-state index in [-0.39, 0.29) is 11.5 Å². The van der Waals surface area contributed by atoms with Crippen molar-refractivity contribution in [3.63, 3.8) is 0 Å². The number of rotatable bonds is 8. The van der Waals surface area contributed by atoms with Gasteiger partial charge >= 0.3 is 5.97 Å². The maximum absolute atomic E-state index is 12.2. The van der Waals surface area contributed by atoms with Crippen molar-refractivity contribution in [2.45, 2.75) is 13.3 Å². The SMILES string of the molecule is CCOc1cccc(C(=O)NCCc2ccc(C(=O)O)cc2OC)c1. The summed E-state index contributed by atoms with van der Waals surface area (Å²) in [5.74, 6) is -0.0522. The zero-order valence-corrected chi connectivity index (χ0v) is 14.2. The van der Waals surface area contributed by atoms with Crippen LogP contribution in [0.5, 0.6) is 11.5 Å². The Morgan fingerprint density at radius 3 is 2.60 bits per heavy atom. The van der Waals surface area contributed by atoms with Gasteiger partial charge in [-0.25, -0.2) is 4.79 Å². The first-order valence-electron chi connectivity index (χ1n) is 7.96. The fourth-order valence-electron chi connectivity index (χ4n) is 2.39. The van der Waals surface area contributed by atoms with Crippen molar-refractivity contribution in [3.8, 4) is 11.5 Å². The predicted molar refractivity (Wildman–Crippen MR) is 93.6 cm³/mol. The second-order valence-electron chi connectivity index (χ2n) is 5.30. The Kier molecular flexibility index (Phi) is 6.39. The molecule has 2 rings (SSSR count). The number of aromatic carboxylic acids is 1. The largest absolute Gasteiger partial charge is 0.496 e. The molecule has 6 heteroatoms. The van der Waals surface area contributed by atoms with Crippen LogP contribution in [0.25, 0.3) is 0 Å². The van der Waals surface area contributed by atoms with E-state index in [1.165, 1.54) is 19.2 Å². The quantitative estimate of drug-likeness (QED) is 0.770. The lowest BCUT2D eigenvalue weighted by molar-refractivity contribution is 0.0696. The van der Waals surface area contributed by atoms with Crippen LogP contribution in [0.15, 0.2) is 42.5 Å². The zero-order valence-electron chi connectivity index (χ0n) is 14.2. The molecular formula is C19H21NO5. The molecule has 132 valence electrons. The van der Waals surface area contributed by atoms with Gasteiger partial charge in [-0.2, -0.15) is 0 Å². The molecule has 0 fully saturated rings. The highest BCUT2D eigenvalue weighted by atomic mass is 16.5. The number of carbonyl (C=O) groups is 2. The fourth-order valence-corrected chi connectivity index (χ4v) is 2.39. The van der Waals surface area contributed by atoms with Crippen LogP contribution in [0.3, 0.4) is 0 Å². The second-order valence-corrected chi connectivity index (χ2v) is 5.30. The second kappa shape index (κ2) is 8.73. The Morgan fingerprint density at radius 1 is 1.12 bits per heavy atom. The van der Waals surface area contributed by atoms with Crippen LogP contribution in [0.2, 0.25) is 0 Å². The number of hydrogen-bond donors (Lipinski definition) is 2. The first-order chi connectivity index (χ1) is 12.0. The Bertz CT molecular complexity index is 757. The third kappa shape index (κ3) is 4.97. The first kappa shape index (κ1) is 18.3. The number of amides is 1. The van der Waals surface area contributed by atoms with Crippen LogP contribution in [0.1, 0.15) is 33.2 Å². The average molecular weight is 343 g/mol. The van der Waals surface area contributed by atoms with Crippen LogP contribution in [0.4, 0.5) is 0 Å². The summed E-state index contributed by atoms with van der Waals surface area (Å²) in [7, 11) is 1.49. The lowest BCUT2D eigenvalue weighted by atomic mass is 10.1. The van der Waals surface area contributed by atoms with Gasteiger partial charge in [-0.05, 0) is 49.2 Å². The Morgan fingerprint density at radius 2 is 1.92 bits per heavy atom. The van der Waals surface area contributed by atoms with Gasteiger partial charge in [0.1, 0.15) is 11.5 Å². The van der Waals surface area contributed by atoms with E-state index in [0.29, 0.717) is 36.6 Å². The molecule has 6 nitrogen and oxygen atoms in total. The Hall–Kier alpha value is -3.02. The smallest absolute Gasteiger partial charge is 0.335 e. The van der Waals surface area contributed by atoms with Gasteiger partial charge in [0.2, 0.25) is 0 Å². The third-order valence-corrected chi connectivity index (χ3v) is 3.62. The molecule has 25 heavy (non-hydrogen) atoms. The molecule has 0 aliphatic carbocycles. The van der Waals surface area contributed by atoms with Crippen molar-refractivity contribution in [2.75, 3.05) is 20.3 Å². The van der Waals surface area contributed by atoms with E-state index in [4.69, 9.17) is 14.6 Å². The summed E-state index contributed by atoms with van der Waals surface area (Å²) < 4.78 is 10.6. The Labute approximate surface area is 146 Å². The number of benzene rings is 2. The molecule has 0 spiro atoms. The molecule has 0 aromatic heterocycles. The number of carboxylic acid groups (broad SMARTS) is 1. The molecule has 0 saturated heterocycles. The van der Waals surface area contributed by atoms with Gasteiger partial charge < -0.3 is 19.9 Å². The van der Waals surface area contributed by atoms with Crippen LogP contribution in [0, 0.1) is 0 Å². The molecule has 0 atom stereocenters. The van der Waals surface area contributed by atoms with E-state index in [1.807, 2.05) is 6.92 Å². The maximum atomic E-state index is 12.2. The summed E-state index contributed by atoms with van der Waals surface area (Å²) in [5, 5.41) is 11.8. The lowest BCUT2D eigenvalue weighted by Gasteiger charge is -2.11. The summed E-state index contributed by atoms with van der Waals surface area (Å²) in [4.78, 5) is 23.2. The van der Waals surface area contributed by atoms with E-state index < -0.39 is 5.97 Å². The van der Waals surface area contributed by atoms with E-state index in [9.17, 15) is 9.59 Å². The third-order valence-electron chi connectivity index (χ3n) is 3.62. The van der Waals surface area contributed by atoms with E-state index in [0.717, 1.165) is 5.56 Å². The van der Waals surface area contributed by atoms with Crippen molar-refractivity contribution in [1.82, 2.24) is 5.32 Å². The summed E-state index contributed by atoms with van der Waals surface area (Å²) in [5.41, 5.74) is 1.52. The van der Waals surface area contributed by atoms with Gasteiger partial charge in [0, 0.05) is 12.1 Å². The minimum Gasteiger partial charge on any atom is -0.496 e. The monoisotopic (exact) mass is 343 g/mol. The number of ether oxygens (including phenoxy) is 2. The normalized spacial score (nSPS) is 10.2. The fraction of sp³-hybridized carbons (Fsp3) is 0.263. The van der Waals surface area contributed by atoms with Gasteiger partial charge in [0.05, 0.1) is 19.3 Å². The highest BCUT2D eigenvalue weighted by Crippen LogP contribution is 2.20. The van der Waals surface area contributed by atoms with Crippen LogP contribution >= 0.6 is 0 Å². The van der Waals surface area contributed by atoms with Gasteiger partial charge in [0.25, 0.3) is 5.91 Å². The maximum Gasteiger partial charge on any atom is 0.335 e. The molecule has 0 saturated carbocycles. The van der Waals surface area contributed by atoms with Crippen molar-refractivity contribution < 1.29 is 24.2 Å². The molecule has 0 heterocycles. The highest BCUT2D eigenvalue weighted by Gasteiger charge is 2.10. The van der Waals surface area contributed by atoms with Crippen LogP contribution in [-0.4, -0.2) is 37.2 Å². The average Bonchev–Trinajstić information content (AvgIpc) is 2.62. The molecule has 2 N–H and O–H groups in total. The van der Waals surface area contributed by atoms with E-state index in [2.05, 4.69) is 5.32 Å². The number of carbonyl (C=O) groups excluding carboxylic acids is 1. The molecule has 0 aliphatic rings. The summed E-state index contributed by atoms with van der Waals surface area (Å²) >= 11 is 0. The highest BCUT2D eigenvalue weighted by molar-refractivity contribution is 5.94. The van der Waals surface area contributed by atoms with Gasteiger partial charge in [-0.1, -0.05) is 12.1 Å². The summed E-state index contributed by atoms with van der Waals surface area (Å²) in [6, 6.07) is 11.7. The van der Waals surface area contributed by atoms with Crippen LogP contribution < -0.4 is 14.8 Å². The molecule has 0 aliphatic heterocycles. The topological polar surface area (TPSA) is 84.9 Å². The predicted octanol–water partition coefficient (Wildman–Crippen LogP) is 2.76. The van der Waals surface area contributed by atoms with Crippen molar-refractivity contribution in [1.29, 1.82) is 0 Å².